The highest BCUT2D eigenvalue weighted by molar-refractivity contribution is 4.95. The van der Waals surface area contributed by atoms with Gasteiger partial charge in [0.05, 0.1) is 12.2 Å². The molecule has 5 atom stereocenters. The van der Waals surface area contributed by atoms with Gasteiger partial charge < -0.3 is 20.1 Å². The predicted octanol–water partition coefficient (Wildman–Crippen LogP) is 0.293. The minimum Gasteiger partial charge on any atom is -0.388 e. The Balaban J connectivity index is 2.83. The van der Waals surface area contributed by atoms with E-state index in [1.54, 1.807) is 0 Å². The Morgan fingerprint density at radius 1 is 1.00 bits per heavy atom. The SMILES string of the molecule is CCC1OC(C(C)(C)C)C(O)C(O)C1O. The first-order chi connectivity index (χ1) is 6.79. The molecule has 90 valence electrons. The van der Waals surface area contributed by atoms with Crippen molar-refractivity contribution in [2.24, 2.45) is 5.41 Å². The van der Waals surface area contributed by atoms with Crippen molar-refractivity contribution in [1.29, 1.82) is 0 Å². The van der Waals surface area contributed by atoms with Crippen LogP contribution in [0.15, 0.2) is 0 Å². The van der Waals surface area contributed by atoms with Crippen LogP contribution < -0.4 is 0 Å². The van der Waals surface area contributed by atoms with E-state index in [1.807, 2.05) is 27.7 Å². The highest BCUT2D eigenvalue weighted by Gasteiger charge is 2.46. The molecular weight excluding hydrogens is 196 g/mol. The summed E-state index contributed by atoms with van der Waals surface area (Å²) in [6.45, 7) is 7.71. The van der Waals surface area contributed by atoms with Gasteiger partial charge in [0.25, 0.3) is 0 Å². The molecule has 0 spiro atoms. The van der Waals surface area contributed by atoms with Crippen molar-refractivity contribution in [2.45, 2.75) is 64.6 Å². The third-order valence-corrected chi connectivity index (χ3v) is 2.97. The molecule has 5 unspecified atom stereocenters. The highest BCUT2D eigenvalue weighted by atomic mass is 16.5. The van der Waals surface area contributed by atoms with Crippen LogP contribution in [0.5, 0.6) is 0 Å². The van der Waals surface area contributed by atoms with Crippen LogP contribution in [0.3, 0.4) is 0 Å². The fourth-order valence-corrected chi connectivity index (χ4v) is 2.00. The third-order valence-electron chi connectivity index (χ3n) is 2.97. The molecule has 4 heteroatoms. The van der Waals surface area contributed by atoms with Crippen LogP contribution in [0.25, 0.3) is 0 Å². The number of hydrogen-bond donors (Lipinski definition) is 3. The molecule has 0 aliphatic carbocycles. The molecule has 1 fully saturated rings. The molecular formula is C11H22O4. The van der Waals surface area contributed by atoms with Gasteiger partial charge >= 0.3 is 0 Å². The van der Waals surface area contributed by atoms with E-state index in [9.17, 15) is 15.3 Å². The number of aliphatic hydroxyl groups excluding tert-OH is 3. The van der Waals surface area contributed by atoms with Crippen molar-refractivity contribution in [3.63, 3.8) is 0 Å². The van der Waals surface area contributed by atoms with Gasteiger partial charge in [0.1, 0.15) is 18.3 Å². The van der Waals surface area contributed by atoms with E-state index in [1.165, 1.54) is 0 Å². The van der Waals surface area contributed by atoms with Crippen LogP contribution in [-0.2, 0) is 4.74 Å². The fraction of sp³-hybridized carbons (Fsp3) is 1.00. The van der Waals surface area contributed by atoms with Gasteiger partial charge in [-0.3, -0.25) is 0 Å². The average Bonchev–Trinajstić information content (AvgIpc) is 2.13. The van der Waals surface area contributed by atoms with Crippen LogP contribution in [0, 0.1) is 5.41 Å². The minimum atomic E-state index is -1.12. The second kappa shape index (κ2) is 4.37. The van der Waals surface area contributed by atoms with Gasteiger partial charge in [-0.15, -0.1) is 0 Å². The molecule has 1 heterocycles. The Morgan fingerprint density at radius 2 is 1.53 bits per heavy atom. The quantitative estimate of drug-likeness (QED) is 0.592. The Kier molecular flexibility index (Phi) is 3.76. The van der Waals surface area contributed by atoms with Crippen LogP contribution in [0.1, 0.15) is 34.1 Å². The summed E-state index contributed by atoms with van der Waals surface area (Å²) >= 11 is 0. The normalized spacial score (nSPS) is 43.0. The molecule has 0 amide bonds. The molecule has 1 rings (SSSR count). The largest absolute Gasteiger partial charge is 0.388 e. The highest BCUT2D eigenvalue weighted by Crippen LogP contribution is 2.33. The smallest absolute Gasteiger partial charge is 0.111 e. The molecule has 0 aromatic carbocycles. The summed E-state index contributed by atoms with van der Waals surface area (Å²) in [7, 11) is 0. The maximum absolute atomic E-state index is 9.82. The minimum absolute atomic E-state index is 0.256. The van der Waals surface area contributed by atoms with E-state index in [0.29, 0.717) is 6.42 Å². The van der Waals surface area contributed by atoms with Gasteiger partial charge in [-0.25, -0.2) is 0 Å². The molecule has 0 saturated carbocycles. The molecule has 0 aromatic rings. The van der Waals surface area contributed by atoms with Crippen LogP contribution in [0.2, 0.25) is 0 Å². The van der Waals surface area contributed by atoms with Crippen LogP contribution in [0.4, 0.5) is 0 Å². The first-order valence-corrected chi connectivity index (χ1v) is 5.48. The van der Waals surface area contributed by atoms with Crippen molar-refractivity contribution in [3.8, 4) is 0 Å². The van der Waals surface area contributed by atoms with Gasteiger partial charge in [-0.05, 0) is 11.8 Å². The first kappa shape index (κ1) is 12.9. The molecule has 3 N–H and O–H groups in total. The molecule has 0 aromatic heterocycles. The Hall–Kier alpha value is -0.160. The van der Waals surface area contributed by atoms with Crippen molar-refractivity contribution >= 4 is 0 Å². The lowest BCUT2D eigenvalue weighted by molar-refractivity contribution is -0.244. The van der Waals surface area contributed by atoms with Gasteiger partial charge in [0.15, 0.2) is 0 Å². The van der Waals surface area contributed by atoms with Crippen molar-refractivity contribution in [2.75, 3.05) is 0 Å². The zero-order valence-electron chi connectivity index (χ0n) is 9.84. The van der Waals surface area contributed by atoms with Crippen molar-refractivity contribution in [3.05, 3.63) is 0 Å². The van der Waals surface area contributed by atoms with E-state index in [-0.39, 0.29) is 5.41 Å². The number of aliphatic hydroxyl groups is 3. The lowest BCUT2D eigenvalue weighted by Gasteiger charge is -2.45. The first-order valence-electron chi connectivity index (χ1n) is 5.48. The molecule has 4 nitrogen and oxygen atoms in total. The number of hydrogen-bond acceptors (Lipinski definition) is 4. The molecule has 0 radical (unpaired) electrons. The zero-order valence-corrected chi connectivity index (χ0v) is 9.84. The lowest BCUT2D eigenvalue weighted by atomic mass is 9.80. The maximum Gasteiger partial charge on any atom is 0.111 e. The Morgan fingerprint density at radius 3 is 1.93 bits per heavy atom. The van der Waals surface area contributed by atoms with E-state index < -0.39 is 30.5 Å². The second-order valence-electron chi connectivity index (χ2n) is 5.34. The summed E-state index contributed by atoms with van der Waals surface area (Å²) in [5.41, 5.74) is -0.256. The zero-order chi connectivity index (χ0) is 11.8. The van der Waals surface area contributed by atoms with E-state index in [2.05, 4.69) is 0 Å². The molecule has 1 saturated heterocycles. The van der Waals surface area contributed by atoms with Crippen LogP contribution in [-0.4, -0.2) is 45.8 Å². The van der Waals surface area contributed by atoms with Crippen molar-refractivity contribution < 1.29 is 20.1 Å². The number of ether oxygens (including phenoxy) is 1. The van der Waals surface area contributed by atoms with Gasteiger partial charge in [0.2, 0.25) is 0 Å². The number of rotatable bonds is 1. The van der Waals surface area contributed by atoms with Crippen molar-refractivity contribution in [1.82, 2.24) is 0 Å². The summed E-state index contributed by atoms with van der Waals surface area (Å²) in [5, 5.41) is 29.2. The monoisotopic (exact) mass is 218 g/mol. The second-order valence-corrected chi connectivity index (χ2v) is 5.34. The van der Waals surface area contributed by atoms with Gasteiger partial charge in [0, 0.05) is 0 Å². The third kappa shape index (κ3) is 2.50. The summed E-state index contributed by atoms with van der Waals surface area (Å²) in [6.07, 6.45) is -3.36. The van der Waals surface area contributed by atoms with Gasteiger partial charge in [-0.2, -0.15) is 0 Å². The molecule has 15 heavy (non-hydrogen) atoms. The summed E-state index contributed by atoms with van der Waals surface area (Å²) < 4.78 is 5.63. The van der Waals surface area contributed by atoms with Gasteiger partial charge in [-0.1, -0.05) is 27.7 Å². The van der Waals surface area contributed by atoms with E-state index in [4.69, 9.17) is 4.74 Å². The standard InChI is InChI=1S/C11H22O4/c1-5-6-7(12)8(13)9(14)10(15-6)11(2,3)4/h6-10,12-14H,5H2,1-4H3. The fourth-order valence-electron chi connectivity index (χ4n) is 2.00. The lowest BCUT2D eigenvalue weighted by Crippen LogP contribution is -2.60. The molecule has 0 bridgehead atoms. The summed E-state index contributed by atoms with van der Waals surface area (Å²) in [6, 6.07) is 0. The summed E-state index contributed by atoms with van der Waals surface area (Å²) in [5.74, 6) is 0. The topological polar surface area (TPSA) is 69.9 Å². The Labute approximate surface area is 90.9 Å². The average molecular weight is 218 g/mol. The molecule has 1 aliphatic rings. The Bertz CT molecular complexity index is 209. The molecule has 1 aliphatic heterocycles. The summed E-state index contributed by atoms with van der Waals surface area (Å²) in [4.78, 5) is 0. The maximum atomic E-state index is 9.82. The van der Waals surface area contributed by atoms with Crippen LogP contribution >= 0.6 is 0 Å². The van der Waals surface area contributed by atoms with E-state index >= 15 is 0 Å². The predicted molar refractivity (Wildman–Crippen MR) is 56.4 cm³/mol. The van der Waals surface area contributed by atoms with E-state index in [0.717, 1.165) is 0 Å².